The summed E-state index contributed by atoms with van der Waals surface area (Å²) >= 11 is 0. The Kier molecular flexibility index (Phi) is 6.24. The van der Waals surface area contributed by atoms with Crippen LogP contribution in [0.1, 0.15) is 20.8 Å². The highest BCUT2D eigenvalue weighted by molar-refractivity contribution is 5.91. The minimum Gasteiger partial charge on any atom is -0.347 e. The Labute approximate surface area is 80.8 Å². The van der Waals surface area contributed by atoms with Crippen molar-refractivity contribution >= 4 is 5.91 Å². The summed E-state index contributed by atoms with van der Waals surface area (Å²) < 4.78 is 0. The van der Waals surface area contributed by atoms with Gasteiger partial charge in [0.15, 0.2) is 0 Å². The van der Waals surface area contributed by atoms with Crippen molar-refractivity contribution in [1.82, 2.24) is 5.32 Å². The van der Waals surface area contributed by atoms with Crippen LogP contribution in [0, 0.1) is 0 Å². The number of carbonyl (C=O) groups is 1. The zero-order valence-corrected chi connectivity index (χ0v) is 8.94. The van der Waals surface area contributed by atoms with Gasteiger partial charge < -0.3 is 10.2 Å². The fourth-order valence-electron chi connectivity index (χ4n) is 1.11. The molecule has 0 saturated heterocycles. The van der Waals surface area contributed by atoms with Crippen molar-refractivity contribution in [1.29, 1.82) is 0 Å². The second-order valence-corrected chi connectivity index (χ2v) is 3.24. The van der Waals surface area contributed by atoms with Crippen LogP contribution in [0.25, 0.3) is 0 Å². The first-order chi connectivity index (χ1) is 6.11. The lowest BCUT2D eigenvalue weighted by Crippen LogP contribution is -3.12. The predicted octanol–water partition coefficient (Wildman–Crippen LogP) is -0.397. The van der Waals surface area contributed by atoms with Crippen LogP contribution in [0.15, 0.2) is 12.2 Å². The third-order valence-electron chi connectivity index (χ3n) is 2.15. The van der Waals surface area contributed by atoms with Gasteiger partial charge in [-0.2, -0.15) is 0 Å². The molecule has 0 rings (SSSR count). The normalized spacial score (nSPS) is 10.2. The Morgan fingerprint density at radius 3 is 2.31 bits per heavy atom. The van der Waals surface area contributed by atoms with Crippen LogP contribution in [0.3, 0.4) is 0 Å². The number of likely N-dealkylation sites (N-methyl/N-ethyl adjacent to an activating group) is 1. The van der Waals surface area contributed by atoms with Crippen molar-refractivity contribution < 1.29 is 9.69 Å². The third-order valence-corrected chi connectivity index (χ3v) is 2.15. The van der Waals surface area contributed by atoms with Crippen molar-refractivity contribution in [2.24, 2.45) is 0 Å². The van der Waals surface area contributed by atoms with E-state index in [1.807, 2.05) is 0 Å². The fourth-order valence-corrected chi connectivity index (χ4v) is 1.11. The van der Waals surface area contributed by atoms with E-state index in [-0.39, 0.29) is 5.91 Å². The molecular formula is C10H21N2O+. The summed E-state index contributed by atoms with van der Waals surface area (Å²) in [5.74, 6) is -0.0356. The molecule has 0 aliphatic rings. The second-order valence-electron chi connectivity index (χ2n) is 3.24. The molecule has 0 radical (unpaired) electrons. The molecule has 13 heavy (non-hydrogen) atoms. The topological polar surface area (TPSA) is 33.5 Å². The average Bonchev–Trinajstić information content (AvgIpc) is 2.12. The molecule has 1 amide bonds. The molecule has 0 aromatic rings. The predicted molar refractivity (Wildman–Crippen MR) is 54.7 cm³/mol. The molecule has 0 atom stereocenters. The van der Waals surface area contributed by atoms with Crippen molar-refractivity contribution in [2.45, 2.75) is 20.8 Å². The minimum atomic E-state index is -0.0356. The lowest BCUT2D eigenvalue weighted by atomic mass is 10.3. The van der Waals surface area contributed by atoms with E-state index in [1.54, 1.807) is 6.92 Å². The van der Waals surface area contributed by atoms with Crippen molar-refractivity contribution in [2.75, 3.05) is 26.2 Å². The first-order valence-corrected chi connectivity index (χ1v) is 4.89. The van der Waals surface area contributed by atoms with Gasteiger partial charge in [0.05, 0.1) is 26.2 Å². The van der Waals surface area contributed by atoms with Crippen molar-refractivity contribution in [3.8, 4) is 0 Å². The standard InChI is InChI=1S/C10H20N2O/c1-5-12(6-2)8-7-11-10(13)9(3)4/h3,5-8H2,1-2,4H3,(H,11,13)/p+1. The summed E-state index contributed by atoms with van der Waals surface area (Å²) in [6.07, 6.45) is 0. The van der Waals surface area contributed by atoms with Gasteiger partial charge in [0.25, 0.3) is 0 Å². The number of carbonyl (C=O) groups excluding carboxylic acids is 1. The lowest BCUT2D eigenvalue weighted by molar-refractivity contribution is -0.895. The quantitative estimate of drug-likeness (QED) is 0.543. The maximum absolute atomic E-state index is 11.1. The van der Waals surface area contributed by atoms with E-state index < -0.39 is 0 Å². The van der Waals surface area contributed by atoms with Crippen LogP contribution in [0.4, 0.5) is 0 Å². The molecule has 2 N–H and O–H groups in total. The maximum atomic E-state index is 11.1. The van der Waals surface area contributed by atoms with Crippen LogP contribution >= 0.6 is 0 Å². The Balaban J connectivity index is 3.54. The highest BCUT2D eigenvalue weighted by Crippen LogP contribution is 1.83. The first-order valence-electron chi connectivity index (χ1n) is 4.89. The molecule has 0 saturated carbocycles. The molecule has 0 aromatic heterocycles. The van der Waals surface area contributed by atoms with Crippen LogP contribution in [0.5, 0.6) is 0 Å². The highest BCUT2D eigenvalue weighted by Gasteiger charge is 2.04. The maximum Gasteiger partial charge on any atom is 0.246 e. The molecule has 0 aromatic carbocycles. The van der Waals surface area contributed by atoms with E-state index in [4.69, 9.17) is 0 Å². The van der Waals surface area contributed by atoms with E-state index in [1.165, 1.54) is 4.90 Å². The Hall–Kier alpha value is -0.830. The lowest BCUT2D eigenvalue weighted by Gasteiger charge is -2.15. The molecule has 3 nitrogen and oxygen atoms in total. The van der Waals surface area contributed by atoms with Gasteiger partial charge in [0.2, 0.25) is 5.91 Å². The molecule has 0 fully saturated rings. The number of amides is 1. The number of hydrogen-bond donors (Lipinski definition) is 2. The van der Waals surface area contributed by atoms with E-state index in [9.17, 15) is 4.79 Å². The molecule has 0 unspecified atom stereocenters. The van der Waals surface area contributed by atoms with E-state index in [0.717, 1.165) is 26.2 Å². The molecule has 3 heteroatoms. The Bertz CT molecular complexity index is 174. The minimum absolute atomic E-state index is 0.0356. The molecule has 76 valence electrons. The largest absolute Gasteiger partial charge is 0.347 e. The number of quaternary nitrogens is 1. The Morgan fingerprint density at radius 1 is 1.38 bits per heavy atom. The van der Waals surface area contributed by atoms with E-state index in [0.29, 0.717) is 5.57 Å². The first kappa shape index (κ1) is 12.2. The molecule has 0 spiro atoms. The van der Waals surface area contributed by atoms with Gasteiger partial charge in [0, 0.05) is 5.57 Å². The molecule has 0 aliphatic carbocycles. The zero-order chi connectivity index (χ0) is 10.3. The summed E-state index contributed by atoms with van der Waals surface area (Å²) in [5, 5.41) is 2.82. The SMILES string of the molecule is C=C(C)C(=O)NCC[NH+](CC)CC. The van der Waals surface area contributed by atoms with Gasteiger partial charge in [0.1, 0.15) is 0 Å². The number of rotatable bonds is 6. The van der Waals surface area contributed by atoms with Crippen LogP contribution in [-0.4, -0.2) is 32.1 Å². The summed E-state index contributed by atoms with van der Waals surface area (Å²) in [6, 6.07) is 0. The van der Waals surface area contributed by atoms with Crippen LogP contribution in [0.2, 0.25) is 0 Å². The van der Waals surface area contributed by atoms with Gasteiger partial charge in [-0.25, -0.2) is 0 Å². The molecular weight excluding hydrogens is 164 g/mol. The van der Waals surface area contributed by atoms with Gasteiger partial charge >= 0.3 is 0 Å². The average molecular weight is 185 g/mol. The van der Waals surface area contributed by atoms with Crippen LogP contribution < -0.4 is 10.2 Å². The van der Waals surface area contributed by atoms with Crippen molar-refractivity contribution in [3.05, 3.63) is 12.2 Å². The van der Waals surface area contributed by atoms with Gasteiger partial charge in [-0.05, 0) is 20.8 Å². The highest BCUT2D eigenvalue weighted by atomic mass is 16.1. The van der Waals surface area contributed by atoms with E-state index in [2.05, 4.69) is 25.7 Å². The second kappa shape index (κ2) is 6.66. The monoisotopic (exact) mass is 185 g/mol. The van der Waals surface area contributed by atoms with Gasteiger partial charge in [-0.15, -0.1) is 0 Å². The Morgan fingerprint density at radius 2 is 1.92 bits per heavy atom. The van der Waals surface area contributed by atoms with Crippen LogP contribution in [-0.2, 0) is 4.79 Å². The van der Waals surface area contributed by atoms with Crippen molar-refractivity contribution in [3.63, 3.8) is 0 Å². The molecule has 0 aliphatic heterocycles. The summed E-state index contributed by atoms with van der Waals surface area (Å²) in [7, 11) is 0. The van der Waals surface area contributed by atoms with Gasteiger partial charge in [-0.3, -0.25) is 4.79 Å². The van der Waals surface area contributed by atoms with E-state index >= 15 is 0 Å². The zero-order valence-electron chi connectivity index (χ0n) is 8.94. The molecule has 0 bridgehead atoms. The molecule has 0 heterocycles. The number of hydrogen-bond acceptors (Lipinski definition) is 1. The fraction of sp³-hybridized carbons (Fsp3) is 0.700. The summed E-state index contributed by atoms with van der Waals surface area (Å²) in [6.45, 7) is 13.6. The third kappa shape index (κ3) is 5.42. The summed E-state index contributed by atoms with van der Waals surface area (Å²) in [4.78, 5) is 12.6. The summed E-state index contributed by atoms with van der Waals surface area (Å²) in [5.41, 5.74) is 0.578. The van der Waals surface area contributed by atoms with Gasteiger partial charge in [-0.1, -0.05) is 6.58 Å². The smallest absolute Gasteiger partial charge is 0.246 e. The number of nitrogens with one attached hydrogen (secondary N) is 2.